The van der Waals surface area contributed by atoms with Crippen molar-refractivity contribution in [1.29, 1.82) is 0 Å². The Kier molecular flexibility index (Phi) is 5.71. The quantitative estimate of drug-likeness (QED) is 0.577. The summed E-state index contributed by atoms with van der Waals surface area (Å²) in [4.78, 5) is 18.1. The third kappa shape index (κ3) is 4.02. The second-order valence-electron chi connectivity index (χ2n) is 9.24. The maximum absolute atomic E-state index is 13.5. The van der Waals surface area contributed by atoms with Gasteiger partial charge in [-0.1, -0.05) is 48.0 Å². The molecule has 0 aromatic heterocycles. The minimum absolute atomic E-state index is 0.0324. The molecule has 1 aliphatic heterocycles. The lowest BCUT2D eigenvalue weighted by Gasteiger charge is -2.44. The van der Waals surface area contributed by atoms with Crippen molar-refractivity contribution in [2.75, 3.05) is 37.4 Å². The zero-order chi connectivity index (χ0) is 22.3. The van der Waals surface area contributed by atoms with Gasteiger partial charge in [-0.3, -0.25) is 4.79 Å². The lowest BCUT2D eigenvalue weighted by atomic mass is 9.80. The lowest BCUT2D eigenvalue weighted by molar-refractivity contribution is -0.120. The highest BCUT2D eigenvalue weighted by Crippen LogP contribution is 2.35. The predicted molar refractivity (Wildman–Crippen MR) is 131 cm³/mol. The molecule has 5 heteroatoms. The Bertz CT molecular complexity index is 1130. The number of aryl methyl sites for hydroxylation is 1. The molecule has 31 heavy (non-hydrogen) atoms. The van der Waals surface area contributed by atoms with Crippen LogP contribution in [0, 0.1) is 6.92 Å². The van der Waals surface area contributed by atoms with E-state index in [2.05, 4.69) is 47.4 Å². The summed E-state index contributed by atoms with van der Waals surface area (Å²) in [5.41, 5.74) is 3.31. The summed E-state index contributed by atoms with van der Waals surface area (Å²) in [5, 5.41) is 5.87. The number of carbonyl (C=O) groups is 1. The fourth-order valence-electron chi connectivity index (χ4n) is 4.15. The molecule has 4 nitrogen and oxygen atoms in total. The number of rotatable bonds is 5. The molecule has 1 aliphatic rings. The first-order valence-electron chi connectivity index (χ1n) is 10.7. The van der Waals surface area contributed by atoms with Gasteiger partial charge in [0.15, 0.2) is 0 Å². The van der Waals surface area contributed by atoms with E-state index in [0.29, 0.717) is 11.1 Å². The molecule has 0 aliphatic carbocycles. The molecule has 1 fully saturated rings. The van der Waals surface area contributed by atoms with Gasteiger partial charge in [0, 0.05) is 40.9 Å². The minimum atomic E-state index is -0.723. The van der Waals surface area contributed by atoms with Crippen molar-refractivity contribution in [2.24, 2.45) is 0 Å². The van der Waals surface area contributed by atoms with Crippen molar-refractivity contribution in [1.82, 2.24) is 4.90 Å². The predicted octanol–water partition coefficient (Wildman–Crippen LogP) is 5.47. The van der Waals surface area contributed by atoms with E-state index >= 15 is 0 Å². The van der Waals surface area contributed by atoms with E-state index in [4.69, 9.17) is 11.6 Å². The molecule has 0 atom stereocenters. The molecule has 0 unspecified atom stereocenters. The smallest absolute Gasteiger partial charge is 0.234 e. The van der Waals surface area contributed by atoms with Crippen LogP contribution in [0.3, 0.4) is 0 Å². The van der Waals surface area contributed by atoms with Crippen molar-refractivity contribution in [3.8, 4) is 0 Å². The molecule has 3 aromatic rings. The zero-order valence-corrected chi connectivity index (χ0v) is 19.6. The van der Waals surface area contributed by atoms with Crippen LogP contribution < -0.4 is 10.2 Å². The summed E-state index contributed by atoms with van der Waals surface area (Å²) in [5.74, 6) is -0.0324. The third-order valence-electron chi connectivity index (χ3n) is 6.54. The highest BCUT2D eigenvalue weighted by molar-refractivity contribution is 6.35. The van der Waals surface area contributed by atoms with Gasteiger partial charge in [0.2, 0.25) is 5.91 Å². The topological polar surface area (TPSA) is 35.6 Å². The Labute approximate surface area is 189 Å². The molecular formula is C26H30ClN3O. The number of benzene rings is 3. The first-order chi connectivity index (χ1) is 14.7. The van der Waals surface area contributed by atoms with Gasteiger partial charge in [0.25, 0.3) is 0 Å². The lowest BCUT2D eigenvalue weighted by Crippen LogP contribution is -2.57. The Balaban J connectivity index is 1.60. The number of likely N-dealkylation sites (N-methyl/N-ethyl adjacent to an activating group) is 1. The number of amides is 1. The summed E-state index contributed by atoms with van der Waals surface area (Å²) in [6, 6.07) is 18.7. The van der Waals surface area contributed by atoms with Crippen LogP contribution in [0.2, 0.25) is 5.02 Å². The Hall–Kier alpha value is -2.56. The van der Waals surface area contributed by atoms with Gasteiger partial charge in [-0.2, -0.15) is 0 Å². The summed E-state index contributed by atoms with van der Waals surface area (Å²) < 4.78 is 0. The average molecular weight is 436 g/mol. The van der Waals surface area contributed by atoms with Crippen molar-refractivity contribution < 1.29 is 4.79 Å². The fraction of sp³-hybridized carbons (Fsp3) is 0.346. The number of nitrogens with one attached hydrogen (secondary N) is 1. The highest BCUT2D eigenvalue weighted by Gasteiger charge is 2.32. The van der Waals surface area contributed by atoms with Crippen LogP contribution in [0.5, 0.6) is 0 Å². The molecule has 0 saturated carbocycles. The van der Waals surface area contributed by atoms with Crippen molar-refractivity contribution >= 4 is 39.7 Å². The van der Waals surface area contributed by atoms with E-state index in [9.17, 15) is 4.79 Å². The SMILES string of the molecule is Cc1ccc(N2CC(N(C)C)C2)cc1NC(=O)C(C)(C)c1cccc2c(Cl)cccc12. The molecule has 1 amide bonds. The summed E-state index contributed by atoms with van der Waals surface area (Å²) in [6.07, 6.45) is 0. The van der Waals surface area contributed by atoms with Crippen LogP contribution in [0.25, 0.3) is 10.8 Å². The van der Waals surface area contributed by atoms with Crippen molar-refractivity contribution in [3.05, 3.63) is 70.7 Å². The molecule has 4 rings (SSSR count). The second-order valence-corrected chi connectivity index (χ2v) is 9.65. The van der Waals surface area contributed by atoms with Gasteiger partial charge in [-0.05, 0) is 69.6 Å². The number of hydrogen-bond donors (Lipinski definition) is 1. The maximum atomic E-state index is 13.5. The minimum Gasteiger partial charge on any atom is -0.368 e. The number of halogens is 1. The van der Waals surface area contributed by atoms with Crippen molar-refractivity contribution in [3.63, 3.8) is 0 Å². The average Bonchev–Trinajstić information content (AvgIpc) is 2.68. The van der Waals surface area contributed by atoms with Crippen LogP contribution in [0.15, 0.2) is 54.6 Å². The van der Waals surface area contributed by atoms with Gasteiger partial charge >= 0.3 is 0 Å². The van der Waals surface area contributed by atoms with Gasteiger partial charge in [-0.15, -0.1) is 0 Å². The summed E-state index contributed by atoms with van der Waals surface area (Å²) >= 11 is 6.40. The first kappa shape index (κ1) is 21.7. The van der Waals surface area contributed by atoms with Gasteiger partial charge in [0.05, 0.1) is 5.41 Å². The molecular weight excluding hydrogens is 406 g/mol. The zero-order valence-electron chi connectivity index (χ0n) is 18.9. The molecule has 162 valence electrons. The largest absolute Gasteiger partial charge is 0.368 e. The van der Waals surface area contributed by atoms with Crippen LogP contribution >= 0.6 is 11.6 Å². The molecule has 3 aromatic carbocycles. The standard InChI is InChI=1S/C26H30ClN3O/c1-17-12-13-18(30-15-19(16-30)29(4)5)14-24(17)28-25(31)26(2,3)22-10-6-9-21-20(22)8-7-11-23(21)27/h6-14,19H,15-16H2,1-5H3,(H,28,31). The summed E-state index contributed by atoms with van der Waals surface area (Å²) in [6.45, 7) is 7.98. The van der Waals surface area contributed by atoms with Gasteiger partial charge < -0.3 is 15.1 Å². The third-order valence-corrected chi connectivity index (χ3v) is 6.87. The number of fused-ring (bicyclic) bond motifs is 1. The molecule has 1 heterocycles. The van der Waals surface area contributed by atoms with E-state index in [1.165, 1.54) is 0 Å². The Morgan fingerprint density at radius 1 is 1.06 bits per heavy atom. The van der Waals surface area contributed by atoms with Crippen molar-refractivity contribution in [2.45, 2.75) is 32.2 Å². The fourth-order valence-corrected chi connectivity index (χ4v) is 4.39. The molecule has 0 spiro atoms. The first-order valence-corrected chi connectivity index (χ1v) is 11.1. The van der Waals surface area contributed by atoms with E-state index in [1.54, 1.807) is 0 Å². The molecule has 0 radical (unpaired) electrons. The monoisotopic (exact) mass is 435 g/mol. The van der Waals surface area contributed by atoms with Crippen LogP contribution in [-0.2, 0) is 10.2 Å². The van der Waals surface area contributed by atoms with E-state index < -0.39 is 5.41 Å². The van der Waals surface area contributed by atoms with Gasteiger partial charge in [0.1, 0.15) is 0 Å². The van der Waals surface area contributed by atoms with Gasteiger partial charge in [-0.25, -0.2) is 0 Å². The van der Waals surface area contributed by atoms with E-state index in [0.717, 1.165) is 46.4 Å². The number of carbonyl (C=O) groups excluding carboxylic acids is 1. The normalized spacial score (nSPS) is 14.7. The second kappa shape index (κ2) is 8.18. The van der Waals surface area contributed by atoms with Crippen LogP contribution in [0.4, 0.5) is 11.4 Å². The van der Waals surface area contributed by atoms with Crippen LogP contribution in [-0.4, -0.2) is 44.0 Å². The highest BCUT2D eigenvalue weighted by atomic mass is 35.5. The Morgan fingerprint density at radius 3 is 2.45 bits per heavy atom. The van der Waals surface area contributed by atoms with E-state index in [1.807, 2.05) is 57.2 Å². The number of anilines is 2. The summed E-state index contributed by atoms with van der Waals surface area (Å²) in [7, 11) is 4.23. The molecule has 0 bridgehead atoms. The number of nitrogens with zero attached hydrogens (tertiary/aromatic N) is 2. The Morgan fingerprint density at radius 2 is 1.74 bits per heavy atom. The number of hydrogen-bond acceptors (Lipinski definition) is 3. The molecule has 1 saturated heterocycles. The maximum Gasteiger partial charge on any atom is 0.234 e. The van der Waals surface area contributed by atoms with Crippen LogP contribution in [0.1, 0.15) is 25.0 Å². The van der Waals surface area contributed by atoms with E-state index in [-0.39, 0.29) is 5.91 Å². The molecule has 1 N–H and O–H groups in total.